The molecule has 3 aromatic carbocycles. The number of aryl methyl sites for hydroxylation is 1. The Labute approximate surface area is 787 Å². The number of hydrogen-bond acceptors (Lipinski definition) is 46. The third-order valence-electron chi connectivity index (χ3n) is 24.3. The van der Waals surface area contributed by atoms with Crippen LogP contribution in [0.4, 0.5) is 17.5 Å². The molecule has 1 aliphatic carbocycles. The van der Waals surface area contributed by atoms with Crippen LogP contribution in [0.2, 0.25) is 0 Å². The second-order valence-corrected chi connectivity index (χ2v) is 34.3. The zero-order chi connectivity index (χ0) is 97.9. The highest BCUT2D eigenvalue weighted by atomic mass is 16.6. The molecular weight excluding hydrogens is 1800 g/mol. The molecule has 1 saturated carbocycles. The molecule has 0 radical (unpaired) electrons. The largest absolute Gasteiger partial charge is 0.463 e. The molecule has 51 nitrogen and oxygen atoms in total. The number of amidine groups is 2. The number of hydrogen-bond donors (Lipinski definition) is 22. The van der Waals surface area contributed by atoms with Crippen LogP contribution in [0.5, 0.6) is 12.0 Å². The van der Waals surface area contributed by atoms with Crippen molar-refractivity contribution >= 4 is 110 Å². The molecule has 19 rings (SSSR count). The van der Waals surface area contributed by atoms with Crippen LogP contribution in [0.1, 0.15) is 107 Å². The molecule has 9 aliphatic heterocycles. The van der Waals surface area contributed by atoms with E-state index in [0.717, 1.165) is 35.8 Å². The number of imidazole rings is 3. The molecule has 15 heterocycles. The van der Waals surface area contributed by atoms with Crippen LogP contribution in [0.3, 0.4) is 0 Å². The fourth-order valence-electron chi connectivity index (χ4n) is 16.7. The number of aromatic nitrogens is 12. The summed E-state index contributed by atoms with van der Waals surface area (Å²) < 4.78 is 43.5. The number of nitrogen functional groups attached to an aromatic ring is 3. The smallest absolute Gasteiger partial charge is 0.320 e. The number of hydrazone groups is 1. The van der Waals surface area contributed by atoms with Gasteiger partial charge in [0.25, 0.3) is 0 Å². The molecule has 10 aliphatic rings. The lowest BCUT2D eigenvalue weighted by molar-refractivity contribution is -0.0803. The number of aliphatic imine (C=N–C) groups is 5. The van der Waals surface area contributed by atoms with Crippen molar-refractivity contribution in [3.05, 3.63) is 108 Å². The van der Waals surface area contributed by atoms with Crippen LogP contribution in [0.15, 0.2) is 126 Å². The van der Waals surface area contributed by atoms with Crippen molar-refractivity contribution in [1.82, 2.24) is 79.1 Å². The Bertz CT molecular complexity index is 5990. The number of nitrogens with one attached hydrogen (secondary N) is 2. The molecule has 6 aromatic heterocycles. The van der Waals surface area contributed by atoms with Gasteiger partial charge in [0, 0.05) is 31.7 Å². The molecule has 6 fully saturated rings. The Hall–Kier alpha value is -12.5. The van der Waals surface area contributed by atoms with Crippen molar-refractivity contribution in [3.63, 3.8) is 0 Å². The normalized spacial score (nSPS) is 30.1. The molecule has 51 heteroatoms. The summed E-state index contributed by atoms with van der Waals surface area (Å²) in [5.41, 5.74) is 38.0. The van der Waals surface area contributed by atoms with Crippen molar-refractivity contribution in [1.29, 1.82) is 0 Å². The van der Waals surface area contributed by atoms with E-state index in [0.29, 0.717) is 77.8 Å². The number of nitrogens with two attached hydrogens (primary N) is 5. The van der Waals surface area contributed by atoms with Crippen molar-refractivity contribution < 1.29 is 110 Å². The average molecular weight is 1920 g/mol. The summed E-state index contributed by atoms with van der Waals surface area (Å²) in [5, 5.41) is 165. The summed E-state index contributed by atoms with van der Waals surface area (Å²) in [6.07, 6.45) is -2.89. The Morgan fingerprint density at radius 1 is 0.529 bits per heavy atom. The highest BCUT2D eigenvalue weighted by molar-refractivity contribution is 6.03. The van der Waals surface area contributed by atoms with Crippen molar-refractivity contribution in [2.75, 3.05) is 63.4 Å². The molecule has 138 heavy (non-hydrogen) atoms. The summed E-state index contributed by atoms with van der Waals surface area (Å²) in [7, 11) is 0. The van der Waals surface area contributed by atoms with Crippen LogP contribution in [-0.2, 0) is 36.5 Å². The Morgan fingerprint density at radius 2 is 0.986 bits per heavy atom. The van der Waals surface area contributed by atoms with Gasteiger partial charge in [0.1, 0.15) is 127 Å². The van der Waals surface area contributed by atoms with E-state index in [1.165, 1.54) is 75.6 Å². The predicted molar refractivity (Wildman–Crippen MR) is 498 cm³/mol. The van der Waals surface area contributed by atoms with Gasteiger partial charge in [0.2, 0.25) is 17.7 Å². The highest BCUT2D eigenvalue weighted by Crippen LogP contribution is 2.38. The van der Waals surface area contributed by atoms with E-state index >= 15 is 0 Å². The maximum absolute atomic E-state index is 10.3. The van der Waals surface area contributed by atoms with Gasteiger partial charge in [-0.1, -0.05) is 118 Å². The zero-order valence-corrected chi connectivity index (χ0v) is 75.5. The first-order valence-electron chi connectivity index (χ1n) is 45.0. The Kier molecular flexibility index (Phi) is 32.6. The highest BCUT2D eigenvalue weighted by Gasteiger charge is 2.53. The Morgan fingerprint density at radius 3 is 1.49 bits per heavy atom. The van der Waals surface area contributed by atoms with Gasteiger partial charge in [0.15, 0.2) is 82.7 Å². The van der Waals surface area contributed by atoms with Gasteiger partial charge in [-0.25, -0.2) is 35.3 Å². The van der Waals surface area contributed by atoms with Crippen LogP contribution in [0, 0.1) is 30.6 Å². The summed E-state index contributed by atoms with van der Waals surface area (Å²) >= 11 is 0. The van der Waals surface area contributed by atoms with Crippen molar-refractivity contribution in [2.24, 2.45) is 63.6 Å². The van der Waals surface area contributed by atoms with Crippen LogP contribution >= 0.6 is 0 Å². The van der Waals surface area contributed by atoms with Gasteiger partial charge < -0.3 is 154 Å². The number of anilines is 3. The fraction of sp³-hybridized carbons (Fsp3) is 0.529. The van der Waals surface area contributed by atoms with E-state index in [4.69, 9.17) is 61.8 Å². The third kappa shape index (κ3) is 22.1. The van der Waals surface area contributed by atoms with E-state index in [9.17, 15) is 76.6 Å². The van der Waals surface area contributed by atoms with Crippen molar-refractivity contribution in [3.8, 4) is 23.9 Å². The number of nitrogens with zero attached hydrogens (tertiary/aromatic N) is 22. The summed E-state index contributed by atoms with van der Waals surface area (Å²) in [6, 6.07) is 21.7. The van der Waals surface area contributed by atoms with Gasteiger partial charge >= 0.3 is 12.0 Å². The first-order chi connectivity index (χ1) is 66.6. The van der Waals surface area contributed by atoms with E-state index in [2.05, 4.69) is 152 Å². The number of ether oxygens (including phenoxy) is 7. The monoisotopic (exact) mass is 1920 g/mol. The first kappa shape index (κ1) is 100.0. The minimum absolute atomic E-state index is 0.0734. The van der Waals surface area contributed by atoms with Gasteiger partial charge in [-0.15, -0.1) is 5.10 Å². The molecular formula is C87H115N29O22. The molecule has 0 bridgehead atoms. The number of rotatable bonds is 23. The average Bonchev–Trinajstić information content (AvgIpc) is 1.64. The minimum Gasteiger partial charge on any atom is -0.463 e. The lowest BCUT2D eigenvalue weighted by atomic mass is 9.90. The van der Waals surface area contributed by atoms with Crippen LogP contribution < -0.4 is 48.9 Å². The number of aliphatic hydroxyl groups is 15. The van der Waals surface area contributed by atoms with Crippen molar-refractivity contribution in [2.45, 2.75) is 233 Å². The molecule has 0 amide bonds. The first-order valence-corrected chi connectivity index (χ1v) is 45.0. The SMILES string of the molecule is CC(C)C/C=N\NC1=NC2C(N=CN2C2OC(CO)[C@@H](O)[C@H]2O)C(N)=N1.CCC#Cc1nc(N)c2ncn(C3OC(CO)[C@@H](O)[C@H]3O)c2n1.Cc1ccc(CCOc2nc(N)c3ncn(C4OC(CO)[C@@H](O)[C@H]4O)c3n2)cc1.NC1=NC(=N/N=C\C2CCCCC2)NC2C1N=CN2C1OC(CO)[C@@H](O)[C@H]1O.Nc1nc(OCCc2ccc3ccccc3c2)nc2c1ncn2C1OC(CO)[C@@H](O)[C@H]1O. The second kappa shape index (κ2) is 45.0. The zero-order valence-electron chi connectivity index (χ0n) is 75.5. The second-order valence-electron chi connectivity index (χ2n) is 34.3. The third-order valence-corrected chi connectivity index (χ3v) is 24.3. The quantitative estimate of drug-likeness (QED) is 0.0164. The molecule has 27 N–H and O–H groups in total. The number of fused-ring (bicyclic) bond motifs is 6. The molecule has 9 aromatic rings. The summed E-state index contributed by atoms with van der Waals surface area (Å²) in [4.78, 5) is 62.5. The molecule has 24 atom stereocenters. The summed E-state index contributed by atoms with van der Waals surface area (Å²) in [6.45, 7) is 6.73. The van der Waals surface area contributed by atoms with Gasteiger partial charge in [-0.3, -0.25) is 23.7 Å². The molecule has 14 unspecified atom stereocenters. The standard InChI is InChI=1S/C22H23N5O5.C19H23N5O5.C17H27N7O4.C15H25N7O4.C14H17N5O4/c23-19-16-20(27(11-24-16)21-18(30)17(29)15(10-28)32-21)26-22(25-19)31-8-7-12-5-6-13-3-1-2-4-14(13)9-12;1-10-2-4-11(5-3-10)6-7-28-19-22-16(20)13-17(23-19)24(9-21-13)18-15(27)14(26)12(8-25)29-18;18-14-11-15(22-17(21-14)23-20-6-9-4-2-1-3-5-9)24(8-19-11)16-13(27)12(26)10(7-25)28-16;1-7(2)3-4-18-21-15-19-12(16)9-13(20-15)22(6-17-9)14-11(25)10(24)8(5-23)26-14;1-2-3-4-8-17-12(15)9-13(18-8)19(6-16-9)14-11(22)10(21)7(5-20)23-14/h1-6,9,11,15,17-18,21,28-30H,7-8,10H2,(H2,23,25,26);2-5,9,12,14-15,18,25-27H,6-8H2,1H3,(H2,20,22,23);6,8-13,15-16,25-27H,1-5,7H2,(H3,18,21,22,23);4,6-11,13-14,23-25H,3,5H2,1-2H3,(H3,16,19,20,21);6-7,10-11,14,20-22H,2,5H2,1H3,(H2,15,17,18)/b;;20-6-;18-4-;/t15?,17-,18-,21?;12?,14-,15-,18?;10?,11?,12-,13-,15?,16?;8?,9?,10-,11-,13?,14?;7?,10-,11-,14?/m11111/s1. The lowest BCUT2D eigenvalue weighted by Gasteiger charge is -2.35. The van der Waals surface area contributed by atoms with Gasteiger partial charge in [0.05, 0.1) is 77.9 Å². The van der Waals surface area contributed by atoms with E-state index in [1.54, 1.807) is 16.0 Å². The summed E-state index contributed by atoms with van der Waals surface area (Å²) in [5.74, 6) is 8.26. The molecule has 0 spiro atoms. The van der Waals surface area contributed by atoms with Crippen LogP contribution in [-0.4, -0.2) is 368 Å². The number of benzene rings is 3. The molecule has 740 valence electrons. The van der Waals surface area contributed by atoms with Gasteiger partial charge in [-0.2, -0.15) is 40.1 Å². The van der Waals surface area contributed by atoms with E-state index in [1.807, 2.05) is 56.5 Å². The van der Waals surface area contributed by atoms with Gasteiger partial charge in [-0.05, 0) is 65.8 Å². The van der Waals surface area contributed by atoms with Crippen LogP contribution in [0.25, 0.3) is 44.3 Å². The maximum Gasteiger partial charge on any atom is 0.320 e. The lowest BCUT2D eigenvalue weighted by Crippen LogP contribution is -2.61. The predicted octanol–water partition coefficient (Wildman–Crippen LogP) is -4.32. The maximum atomic E-state index is 10.3. The molecule has 5 saturated heterocycles. The fourth-order valence-corrected chi connectivity index (χ4v) is 16.7. The van der Waals surface area contributed by atoms with E-state index < -0.39 is 180 Å². The Balaban J connectivity index is 0.000000131. The topological polar surface area (TPSA) is 758 Å². The number of guanidine groups is 2. The minimum atomic E-state index is -1.27. The number of aliphatic hydroxyl groups excluding tert-OH is 15. The van der Waals surface area contributed by atoms with E-state index in [-0.39, 0.29) is 58.9 Å².